The van der Waals surface area contributed by atoms with Crippen molar-refractivity contribution in [3.8, 4) is 11.5 Å². The number of ether oxygens (including phenoxy) is 3. The SMILES string of the molecule is CCOc1cc(N2CCOCC2)c(OCC)cc1NC(=O)C1CC2C=CC1C2. The molecular formula is C22H30N2O4. The van der Waals surface area contributed by atoms with E-state index in [4.69, 9.17) is 14.2 Å². The van der Waals surface area contributed by atoms with Crippen LogP contribution in [0.25, 0.3) is 0 Å². The number of carbonyl (C=O) groups is 1. The highest BCUT2D eigenvalue weighted by atomic mass is 16.5. The summed E-state index contributed by atoms with van der Waals surface area (Å²) in [6, 6.07) is 3.91. The summed E-state index contributed by atoms with van der Waals surface area (Å²) < 4.78 is 17.3. The van der Waals surface area contributed by atoms with Crippen molar-refractivity contribution < 1.29 is 19.0 Å². The van der Waals surface area contributed by atoms with Gasteiger partial charge in [-0.25, -0.2) is 0 Å². The van der Waals surface area contributed by atoms with Crippen LogP contribution in [0.2, 0.25) is 0 Å². The van der Waals surface area contributed by atoms with Crippen molar-refractivity contribution in [1.82, 2.24) is 0 Å². The first kappa shape index (κ1) is 19.1. The summed E-state index contributed by atoms with van der Waals surface area (Å²) in [6.45, 7) is 8.06. The topological polar surface area (TPSA) is 60.0 Å². The van der Waals surface area contributed by atoms with Crippen molar-refractivity contribution in [3.05, 3.63) is 24.3 Å². The first-order valence-electron chi connectivity index (χ1n) is 10.4. The number of anilines is 2. The average molecular weight is 386 g/mol. The third kappa shape index (κ3) is 3.83. The van der Waals surface area contributed by atoms with Crippen molar-refractivity contribution in [3.63, 3.8) is 0 Å². The summed E-state index contributed by atoms with van der Waals surface area (Å²) in [6.07, 6.45) is 6.51. The van der Waals surface area contributed by atoms with Crippen molar-refractivity contribution >= 4 is 17.3 Å². The van der Waals surface area contributed by atoms with E-state index in [1.165, 1.54) is 0 Å². The minimum absolute atomic E-state index is 0.0546. The standard InChI is InChI=1S/C22H30N2O4/c1-3-27-20-14-19(24-7-9-26-10-8-24)21(28-4-2)13-18(20)23-22(25)17-12-15-5-6-16(17)11-15/h5-6,13-17H,3-4,7-12H2,1-2H3,(H,23,25). The molecule has 1 aromatic carbocycles. The molecular weight excluding hydrogens is 356 g/mol. The van der Waals surface area contributed by atoms with Gasteiger partial charge in [0.25, 0.3) is 0 Å². The molecule has 1 N–H and O–H groups in total. The Labute approximate surface area is 166 Å². The maximum Gasteiger partial charge on any atom is 0.228 e. The van der Waals surface area contributed by atoms with E-state index in [1.807, 2.05) is 26.0 Å². The molecule has 0 aromatic heterocycles. The normalized spacial score (nSPS) is 25.8. The lowest BCUT2D eigenvalue weighted by atomic mass is 9.93. The average Bonchev–Trinajstić information content (AvgIpc) is 3.34. The van der Waals surface area contributed by atoms with Crippen LogP contribution in [0.1, 0.15) is 26.7 Å². The third-order valence-corrected chi connectivity index (χ3v) is 5.89. The van der Waals surface area contributed by atoms with E-state index in [9.17, 15) is 4.79 Å². The Bertz CT molecular complexity index is 742. The van der Waals surface area contributed by atoms with Crippen molar-refractivity contribution in [2.24, 2.45) is 17.8 Å². The van der Waals surface area contributed by atoms with E-state index in [0.29, 0.717) is 49.7 Å². The van der Waals surface area contributed by atoms with Gasteiger partial charge in [-0.1, -0.05) is 12.2 Å². The number of amides is 1. The number of allylic oxidation sites excluding steroid dienone is 2. The van der Waals surface area contributed by atoms with Gasteiger partial charge in [0.2, 0.25) is 5.91 Å². The van der Waals surface area contributed by atoms with Gasteiger partial charge in [0.15, 0.2) is 0 Å². The molecule has 1 heterocycles. The molecule has 0 radical (unpaired) electrons. The molecule has 2 aliphatic carbocycles. The Morgan fingerprint density at radius 1 is 1.11 bits per heavy atom. The molecule has 3 atom stereocenters. The van der Waals surface area contributed by atoms with E-state index in [1.54, 1.807) is 0 Å². The van der Waals surface area contributed by atoms with E-state index in [-0.39, 0.29) is 11.8 Å². The van der Waals surface area contributed by atoms with Gasteiger partial charge < -0.3 is 24.4 Å². The van der Waals surface area contributed by atoms with Crippen LogP contribution in [0.3, 0.4) is 0 Å². The predicted octanol–water partition coefficient (Wildman–Crippen LogP) is 3.47. The van der Waals surface area contributed by atoms with E-state index < -0.39 is 0 Å². The molecule has 1 amide bonds. The summed E-state index contributed by atoms with van der Waals surface area (Å²) in [7, 11) is 0. The zero-order chi connectivity index (χ0) is 19.5. The van der Waals surface area contributed by atoms with Crippen molar-refractivity contribution in [1.29, 1.82) is 0 Å². The molecule has 0 spiro atoms. The van der Waals surface area contributed by atoms with Gasteiger partial charge in [-0.05, 0) is 38.5 Å². The Morgan fingerprint density at radius 3 is 2.50 bits per heavy atom. The Kier molecular flexibility index (Phi) is 5.76. The molecule has 1 aromatic rings. The highest BCUT2D eigenvalue weighted by Gasteiger charge is 2.40. The maximum absolute atomic E-state index is 12.9. The second-order valence-corrected chi connectivity index (χ2v) is 7.66. The quantitative estimate of drug-likeness (QED) is 0.727. The Hall–Kier alpha value is -2.21. The fourth-order valence-corrected chi connectivity index (χ4v) is 4.55. The lowest BCUT2D eigenvalue weighted by molar-refractivity contribution is -0.120. The monoisotopic (exact) mass is 386 g/mol. The smallest absolute Gasteiger partial charge is 0.228 e. The molecule has 1 aliphatic heterocycles. The molecule has 2 bridgehead atoms. The fraction of sp³-hybridized carbons (Fsp3) is 0.591. The molecule has 6 heteroatoms. The molecule has 1 saturated heterocycles. The summed E-state index contributed by atoms with van der Waals surface area (Å²) in [5.41, 5.74) is 1.69. The zero-order valence-corrected chi connectivity index (χ0v) is 16.8. The van der Waals surface area contributed by atoms with E-state index in [2.05, 4.69) is 22.4 Å². The summed E-state index contributed by atoms with van der Waals surface area (Å²) >= 11 is 0. The van der Waals surface area contributed by atoms with Crippen molar-refractivity contribution in [2.45, 2.75) is 26.7 Å². The maximum atomic E-state index is 12.9. The predicted molar refractivity (Wildman–Crippen MR) is 109 cm³/mol. The molecule has 3 aliphatic rings. The van der Waals surface area contributed by atoms with E-state index >= 15 is 0 Å². The van der Waals surface area contributed by atoms with Gasteiger partial charge in [-0.2, -0.15) is 0 Å². The summed E-state index contributed by atoms with van der Waals surface area (Å²) in [4.78, 5) is 15.2. The second kappa shape index (κ2) is 8.43. The summed E-state index contributed by atoms with van der Waals surface area (Å²) in [5.74, 6) is 2.54. The first-order valence-corrected chi connectivity index (χ1v) is 10.4. The van der Waals surface area contributed by atoms with Crippen LogP contribution in [0, 0.1) is 17.8 Å². The number of nitrogens with one attached hydrogen (secondary N) is 1. The number of fused-ring (bicyclic) bond motifs is 2. The zero-order valence-electron chi connectivity index (χ0n) is 16.8. The number of carbonyl (C=O) groups excluding carboxylic acids is 1. The molecule has 6 nitrogen and oxygen atoms in total. The van der Waals surface area contributed by atoms with Crippen LogP contribution in [0.5, 0.6) is 11.5 Å². The van der Waals surface area contributed by atoms with Crippen LogP contribution in [-0.4, -0.2) is 45.4 Å². The fourth-order valence-electron chi connectivity index (χ4n) is 4.55. The molecule has 152 valence electrons. The van der Waals surface area contributed by atoms with Gasteiger partial charge in [0.05, 0.1) is 37.8 Å². The lowest BCUT2D eigenvalue weighted by Crippen LogP contribution is -2.36. The van der Waals surface area contributed by atoms with Crippen LogP contribution in [-0.2, 0) is 9.53 Å². The highest BCUT2D eigenvalue weighted by molar-refractivity contribution is 5.95. The Balaban J connectivity index is 1.60. The Morgan fingerprint density at radius 2 is 1.86 bits per heavy atom. The number of rotatable bonds is 7. The van der Waals surface area contributed by atoms with Crippen LogP contribution in [0.4, 0.5) is 11.4 Å². The van der Waals surface area contributed by atoms with Gasteiger partial charge in [0, 0.05) is 31.1 Å². The van der Waals surface area contributed by atoms with Crippen LogP contribution in [0.15, 0.2) is 24.3 Å². The summed E-state index contributed by atoms with van der Waals surface area (Å²) in [5, 5.41) is 3.13. The number of morpholine rings is 1. The first-order chi connectivity index (χ1) is 13.7. The largest absolute Gasteiger partial charge is 0.492 e. The van der Waals surface area contributed by atoms with Gasteiger partial charge in [-0.3, -0.25) is 4.79 Å². The number of hydrogen-bond acceptors (Lipinski definition) is 5. The molecule has 2 fully saturated rings. The lowest BCUT2D eigenvalue weighted by Gasteiger charge is -2.31. The van der Waals surface area contributed by atoms with Crippen LogP contribution < -0.4 is 19.7 Å². The molecule has 3 unspecified atom stereocenters. The minimum Gasteiger partial charge on any atom is -0.492 e. The number of hydrogen-bond donors (Lipinski definition) is 1. The van der Waals surface area contributed by atoms with Gasteiger partial charge in [0.1, 0.15) is 11.5 Å². The highest BCUT2D eigenvalue weighted by Crippen LogP contribution is 2.45. The molecule has 1 saturated carbocycles. The molecule has 28 heavy (non-hydrogen) atoms. The molecule has 4 rings (SSSR count). The van der Waals surface area contributed by atoms with Gasteiger partial charge in [-0.15, -0.1) is 0 Å². The second-order valence-electron chi connectivity index (χ2n) is 7.66. The minimum atomic E-state index is 0.0546. The van der Waals surface area contributed by atoms with Gasteiger partial charge >= 0.3 is 0 Å². The number of nitrogens with zero attached hydrogens (tertiary/aromatic N) is 1. The third-order valence-electron chi connectivity index (χ3n) is 5.89. The number of benzene rings is 1. The van der Waals surface area contributed by atoms with Crippen LogP contribution >= 0.6 is 0 Å². The van der Waals surface area contributed by atoms with E-state index in [0.717, 1.165) is 37.4 Å². The van der Waals surface area contributed by atoms with Crippen molar-refractivity contribution in [2.75, 3.05) is 49.7 Å².